The van der Waals surface area contributed by atoms with Gasteiger partial charge in [-0.15, -0.1) is 11.3 Å². The summed E-state index contributed by atoms with van der Waals surface area (Å²) in [7, 11) is 3.00. The third kappa shape index (κ3) is 6.45. The topological polar surface area (TPSA) is 110 Å². The molecule has 2 aromatic carbocycles. The first-order valence-electron chi connectivity index (χ1n) is 15.8. The predicted molar refractivity (Wildman–Crippen MR) is 181 cm³/mol. The standard InChI is InChI=1S/C35H36ClN5O6S/c1-35(30-8-7-24(36)17-38-30)46-28-6-4-5-26(33(28)47-35)22-9-11-40(12-10-22)20-31-39-32-27(41(31)19-25-18-37-21-48-25)15-23(34(42)44-3)16-29(32)45-14-13-43-2/h4-8,15-18,21-22H,9-14,19-20H2,1-3H3/t35-/m1/s1. The quantitative estimate of drug-likeness (QED) is 0.114. The number of pyridine rings is 1. The normalized spacial score (nSPS) is 18.0. The Bertz CT molecular complexity index is 1910. The van der Waals surface area contributed by atoms with Crippen molar-refractivity contribution in [2.45, 2.75) is 44.6 Å². The average molecular weight is 690 g/mol. The first-order valence-corrected chi connectivity index (χ1v) is 17.1. The Labute approximate surface area is 287 Å². The molecule has 5 aromatic rings. The lowest BCUT2D eigenvalue weighted by atomic mass is 9.88. The van der Waals surface area contributed by atoms with E-state index in [-0.39, 0.29) is 0 Å². The SMILES string of the molecule is COCCOc1cc(C(=O)OC)cc2c1nc(CN1CCC(c3cccc4c3O[C@](C)(c3ccc(Cl)cn3)O4)CC1)n2Cc1cncs1. The van der Waals surface area contributed by atoms with E-state index in [0.717, 1.165) is 59.2 Å². The molecule has 3 aromatic heterocycles. The summed E-state index contributed by atoms with van der Waals surface area (Å²) in [6, 6.07) is 13.3. The first-order chi connectivity index (χ1) is 23.3. The molecule has 250 valence electrons. The van der Waals surface area contributed by atoms with Crippen molar-refractivity contribution >= 4 is 39.9 Å². The number of carbonyl (C=O) groups is 1. The molecule has 0 spiro atoms. The van der Waals surface area contributed by atoms with E-state index in [4.69, 9.17) is 40.3 Å². The van der Waals surface area contributed by atoms with Crippen LogP contribution >= 0.6 is 22.9 Å². The van der Waals surface area contributed by atoms with Gasteiger partial charge in [0, 0.05) is 36.9 Å². The van der Waals surface area contributed by atoms with Crippen LogP contribution in [0.5, 0.6) is 17.2 Å². The van der Waals surface area contributed by atoms with Gasteiger partial charge in [-0.2, -0.15) is 0 Å². The van der Waals surface area contributed by atoms with Crippen molar-refractivity contribution in [2.24, 2.45) is 0 Å². The highest BCUT2D eigenvalue weighted by Crippen LogP contribution is 2.49. The van der Waals surface area contributed by atoms with Crippen LogP contribution in [-0.4, -0.2) is 70.9 Å². The van der Waals surface area contributed by atoms with Gasteiger partial charge in [0.25, 0.3) is 5.79 Å². The van der Waals surface area contributed by atoms with Crippen LogP contribution < -0.4 is 14.2 Å². The average Bonchev–Trinajstić information content (AvgIpc) is 3.83. The molecule has 0 amide bonds. The molecule has 2 aliphatic rings. The van der Waals surface area contributed by atoms with Crippen molar-refractivity contribution in [2.75, 3.05) is 40.5 Å². The highest BCUT2D eigenvalue weighted by atomic mass is 35.5. The minimum Gasteiger partial charge on any atom is -0.489 e. The zero-order valence-corrected chi connectivity index (χ0v) is 28.6. The lowest BCUT2D eigenvalue weighted by Crippen LogP contribution is -2.34. The molecule has 0 saturated carbocycles. The van der Waals surface area contributed by atoms with Gasteiger partial charge in [-0.05, 0) is 62.2 Å². The fourth-order valence-corrected chi connectivity index (χ4v) is 7.11. The molecule has 0 radical (unpaired) electrons. The Kier molecular flexibility index (Phi) is 9.23. The Balaban J connectivity index is 1.12. The number of esters is 1. The summed E-state index contributed by atoms with van der Waals surface area (Å²) in [5, 5.41) is 0.561. The van der Waals surface area contributed by atoms with E-state index in [9.17, 15) is 4.79 Å². The number of carbonyl (C=O) groups excluding carboxylic acids is 1. The Hall–Kier alpha value is -4.23. The van der Waals surface area contributed by atoms with Gasteiger partial charge in [-0.3, -0.25) is 14.9 Å². The van der Waals surface area contributed by atoms with Crippen LogP contribution in [-0.2, 0) is 28.4 Å². The maximum absolute atomic E-state index is 12.7. The number of fused-ring (bicyclic) bond motifs is 2. The van der Waals surface area contributed by atoms with E-state index in [0.29, 0.717) is 59.8 Å². The minimum absolute atomic E-state index is 0.305. The molecule has 0 aliphatic carbocycles. The molecular formula is C35H36ClN5O6S. The van der Waals surface area contributed by atoms with Crippen LogP contribution in [0.1, 0.15) is 58.0 Å². The maximum Gasteiger partial charge on any atom is 0.338 e. The summed E-state index contributed by atoms with van der Waals surface area (Å²) < 4.78 is 31.3. The van der Waals surface area contributed by atoms with Crippen molar-refractivity contribution in [3.63, 3.8) is 0 Å². The van der Waals surface area contributed by atoms with E-state index >= 15 is 0 Å². The number of aromatic nitrogens is 4. The summed E-state index contributed by atoms with van der Waals surface area (Å²) in [5.41, 5.74) is 5.54. The molecule has 13 heteroatoms. The summed E-state index contributed by atoms with van der Waals surface area (Å²) in [6.07, 6.45) is 5.36. The van der Waals surface area contributed by atoms with Crippen LogP contribution in [0.3, 0.4) is 0 Å². The van der Waals surface area contributed by atoms with Crippen LogP contribution in [0.15, 0.2) is 60.4 Å². The third-order valence-electron chi connectivity index (χ3n) is 8.86. The number of benzene rings is 2. The van der Waals surface area contributed by atoms with Gasteiger partial charge in [0.15, 0.2) is 11.5 Å². The number of ether oxygens (including phenoxy) is 5. The van der Waals surface area contributed by atoms with Gasteiger partial charge < -0.3 is 28.3 Å². The second-order valence-electron chi connectivity index (χ2n) is 12.0. The van der Waals surface area contributed by atoms with Crippen LogP contribution in [0.25, 0.3) is 11.0 Å². The molecule has 0 N–H and O–H groups in total. The number of hydrogen-bond acceptors (Lipinski definition) is 11. The molecule has 0 unspecified atom stereocenters. The Morgan fingerprint density at radius 2 is 1.94 bits per heavy atom. The molecular weight excluding hydrogens is 654 g/mol. The Morgan fingerprint density at radius 1 is 1.08 bits per heavy atom. The minimum atomic E-state index is -1.03. The van der Waals surface area contributed by atoms with Gasteiger partial charge in [-0.1, -0.05) is 23.7 Å². The lowest BCUT2D eigenvalue weighted by molar-refractivity contribution is -0.0722. The molecule has 11 nitrogen and oxygen atoms in total. The monoisotopic (exact) mass is 689 g/mol. The third-order valence-corrected chi connectivity index (χ3v) is 9.85. The Morgan fingerprint density at radius 3 is 2.67 bits per heavy atom. The van der Waals surface area contributed by atoms with E-state index in [1.54, 1.807) is 36.8 Å². The fraction of sp³-hybridized carbons (Fsp3) is 0.371. The van der Waals surface area contributed by atoms with Crippen molar-refractivity contribution in [3.8, 4) is 17.2 Å². The van der Waals surface area contributed by atoms with E-state index in [2.05, 4.69) is 25.5 Å². The van der Waals surface area contributed by atoms with Crippen LogP contribution in [0.4, 0.5) is 0 Å². The molecule has 1 fully saturated rings. The zero-order valence-electron chi connectivity index (χ0n) is 27.0. The van der Waals surface area contributed by atoms with Crippen LogP contribution in [0, 0.1) is 0 Å². The van der Waals surface area contributed by atoms with Gasteiger partial charge in [0.2, 0.25) is 0 Å². The molecule has 48 heavy (non-hydrogen) atoms. The van der Waals surface area contributed by atoms with Gasteiger partial charge in [0.1, 0.15) is 29.4 Å². The molecule has 0 bridgehead atoms. The van der Waals surface area contributed by atoms with Gasteiger partial charge in [0.05, 0.1) is 48.4 Å². The summed E-state index contributed by atoms with van der Waals surface area (Å²) >= 11 is 7.66. The second-order valence-corrected chi connectivity index (χ2v) is 13.4. The second kappa shape index (κ2) is 13.7. The zero-order chi connectivity index (χ0) is 33.3. The number of nitrogens with zero attached hydrogens (tertiary/aromatic N) is 5. The number of halogens is 1. The molecule has 1 atom stereocenters. The molecule has 1 saturated heterocycles. The number of hydrogen-bond donors (Lipinski definition) is 0. The first kappa shape index (κ1) is 32.3. The van der Waals surface area contributed by atoms with Crippen molar-refractivity contribution in [3.05, 3.63) is 92.9 Å². The number of likely N-dealkylation sites (tertiary alicyclic amines) is 1. The van der Waals surface area contributed by atoms with Crippen molar-refractivity contribution in [1.82, 2.24) is 24.4 Å². The smallest absolute Gasteiger partial charge is 0.338 e. The number of piperidine rings is 1. The van der Waals surface area contributed by atoms with Crippen LogP contribution in [0.2, 0.25) is 5.02 Å². The maximum atomic E-state index is 12.7. The lowest BCUT2D eigenvalue weighted by Gasteiger charge is -2.32. The van der Waals surface area contributed by atoms with Gasteiger partial charge in [-0.25, -0.2) is 9.78 Å². The summed E-state index contributed by atoms with van der Waals surface area (Å²) in [6.45, 7) is 5.58. The van der Waals surface area contributed by atoms with Gasteiger partial charge >= 0.3 is 5.97 Å². The number of imidazole rings is 1. The highest BCUT2D eigenvalue weighted by molar-refractivity contribution is 7.09. The van der Waals surface area contributed by atoms with E-state index < -0.39 is 11.8 Å². The predicted octanol–water partition coefficient (Wildman–Crippen LogP) is 6.43. The number of methoxy groups -OCH3 is 2. The molecule has 7 rings (SSSR count). The summed E-state index contributed by atoms with van der Waals surface area (Å²) in [5.74, 6) is 1.76. The van der Waals surface area contributed by atoms with Crippen molar-refractivity contribution in [1.29, 1.82) is 0 Å². The summed E-state index contributed by atoms with van der Waals surface area (Å²) in [4.78, 5) is 30.0. The number of para-hydroxylation sites is 1. The largest absolute Gasteiger partial charge is 0.489 e. The van der Waals surface area contributed by atoms with Crippen molar-refractivity contribution < 1.29 is 28.5 Å². The number of thiazole rings is 1. The molecule has 5 heterocycles. The fourth-order valence-electron chi connectivity index (χ4n) is 6.41. The number of rotatable bonds is 11. The van der Waals surface area contributed by atoms with E-state index in [1.807, 2.05) is 42.9 Å². The van der Waals surface area contributed by atoms with E-state index in [1.165, 1.54) is 7.11 Å². The highest BCUT2D eigenvalue weighted by Gasteiger charge is 2.42. The molecule has 2 aliphatic heterocycles.